The Labute approximate surface area is 173 Å². The molecule has 3 fully saturated rings. The molecule has 6 heteroatoms. The van der Waals surface area contributed by atoms with Crippen LogP contribution in [0.1, 0.15) is 24.0 Å². The SMILES string of the molecule is FC1(F)C(COCc2ccccc2)C12CC1(C2)C(COCc2ccccc2)C1(F)F. The van der Waals surface area contributed by atoms with Crippen molar-refractivity contribution in [3.8, 4) is 0 Å². The molecule has 0 heterocycles. The van der Waals surface area contributed by atoms with Crippen LogP contribution in [0.25, 0.3) is 0 Å². The summed E-state index contributed by atoms with van der Waals surface area (Å²) in [6, 6.07) is 18.6. The Bertz CT molecular complexity index is 820. The molecule has 30 heavy (non-hydrogen) atoms. The zero-order valence-corrected chi connectivity index (χ0v) is 16.5. The molecule has 160 valence electrons. The van der Waals surface area contributed by atoms with E-state index in [4.69, 9.17) is 9.47 Å². The van der Waals surface area contributed by atoms with E-state index in [0.717, 1.165) is 11.1 Å². The highest BCUT2D eigenvalue weighted by molar-refractivity contribution is 5.36. The van der Waals surface area contributed by atoms with Crippen molar-refractivity contribution in [2.75, 3.05) is 13.2 Å². The molecule has 0 bridgehead atoms. The minimum absolute atomic E-state index is 0.0985. The van der Waals surface area contributed by atoms with Crippen LogP contribution in [-0.2, 0) is 22.7 Å². The molecular weight excluding hydrogens is 396 g/mol. The molecule has 2 nitrogen and oxygen atoms in total. The summed E-state index contributed by atoms with van der Waals surface area (Å²) in [5.74, 6) is -7.80. The summed E-state index contributed by atoms with van der Waals surface area (Å²) in [6.45, 7) is 0.305. The third kappa shape index (κ3) is 2.83. The number of alkyl halides is 4. The molecule has 2 aromatic carbocycles. The molecule has 0 amide bonds. The Morgan fingerprint density at radius 3 is 1.37 bits per heavy atom. The average Bonchev–Trinajstić information content (AvgIpc) is 3.40. The molecule has 0 aliphatic heterocycles. The van der Waals surface area contributed by atoms with Crippen molar-refractivity contribution in [1.82, 2.24) is 0 Å². The maximum atomic E-state index is 14.5. The number of halogens is 4. The number of hydrogen-bond donors (Lipinski definition) is 0. The monoisotopic (exact) mass is 420 g/mol. The highest BCUT2D eigenvalue weighted by atomic mass is 19.3. The van der Waals surface area contributed by atoms with Crippen molar-refractivity contribution in [3.63, 3.8) is 0 Å². The third-order valence-corrected chi connectivity index (χ3v) is 7.42. The van der Waals surface area contributed by atoms with E-state index in [-0.39, 0.29) is 39.3 Å². The molecule has 0 aromatic heterocycles. The van der Waals surface area contributed by atoms with Crippen molar-refractivity contribution >= 4 is 0 Å². The molecule has 3 aliphatic rings. The van der Waals surface area contributed by atoms with Gasteiger partial charge in [0, 0.05) is 10.8 Å². The van der Waals surface area contributed by atoms with E-state index in [0.29, 0.717) is 0 Å². The van der Waals surface area contributed by atoms with E-state index in [2.05, 4.69) is 0 Å². The van der Waals surface area contributed by atoms with Crippen molar-refractivity contribution in [2.45, 2.75) is 37.9 Å². The summed E-state index contributed by atoms with van der Waals surface area (Å²) >= 11 is 0. The van der Waals surface area contributed by atoms with Crippen LogP contribution in [0.3, 0.4) is 0 Å². The molecule has 3 aliphatic carbocycles. The number of benzene rings is 2. The Morgan fingerprint density at radius 1 is 0.633 bits per heavy atom. The number of ether oxygens (including phenoxy) is 2. The summed E-state index contributed by atoms with van der Waals surface area (Å²) in [7, 11) is 0. The smallest absolute Gasteiger partial charge is 0.259 e. The van der Waals surface area contributed by atoms with E-state index < -0.39 is 34.5 Å². The summed E-state index contributed by atoms with van der Waals surface area (Å²) in [5, 5.41) is 0. The highest BCUT2D eigenvalue weighted by Gasteiger charge is 2.97. The lowest BCUT2D eigenvalue weighted by Gasteiger charge is -2.37. The van der Waals surface area contributed by atoms with Gasteiger partial charge in [-0.05, 0) is 24.0 Å². The van der Waals surface area contributed by atoms with Crippen LogP contribution in [-0.4, -0.2) is 25.1 Å². The molecule has 3 saturated carbocycles. The predicted molar refractivity (Wildman–Crippen MR) is 103 cm³/mol. The van der Waals surface area contributed by atoms with E-state index in [1.165, 1.54) is 0 Å². The van der Waals surface area contributed by atoms with Gasteiger partial charge in [-0.15, -0.1) is 0 Å². The van der Waals surface area contributed by atoms with Crippen LogP contribution in [0.4, 0.5) is 17.6 Å². The van der Waals surface area contributed by atoms with Crippen LogP contribution in [0.5, 0.6) is 0 Å². The molecular formula is C24H24F4O2. The second-order valence-electron chi connectivity index (χ2n) is 9.02. The second kappa shape index (κ2) is 6.79. The molecule has 5 rings (SSSR count). The zero-order valence-electron chi connectivity index (χ0n) is 16.5. The van der Waals surface area contributed by atoms with Gasteiger partial charge in [0.2, 0.25) is 0 Å². The Kier molecular flexibility index (Phi) is 4.53. The average molecular weight is 420 g/mol. The first-order valence-electron chi connectivity index (χ1n) is 10.3. The van der Waals surface area contributed by atoms with Crippen LogP contribution in [0.2, 0.25) is 0 Å². The topological polar surface area (TPSA) is 18.5 Å². The van der Waals surface area contributed by atoms with Gasteiger partial charge in [-0.25, -0.2) is 17.6 Å². The van der Waals surface area contributed by atoms with Crippen molar-refractivity contribution in [1.29, 1.82) is 0 Å². The van der Waals surface area contributed by atoms with E-state index in [1.54, 1.807) is 0 Å². The van der Waals surface area contributed by atoms with Gasteiger partial charge in [0.05, 0.1) is 38.3 Å². The molecule has 0 saturated heterocycles. The van der Waals surface area contributed by atoms with E-state index in [9.17, 15) is 17.6 Å². The van der Waals surface area contributed by atoms with Crippen molar-refractivity contribution < 1.29 is 27.0 Å². The first-order chi connectivity index (χ1) is 14.3. The Hall–Kier alpha value is -1.92. The quantitative estimate of drug-likeness (QED) is 0.509. The molecule has 2 unspecified atom stereocenters. The van der Waals surface area contributed by atoms with Crippen LogP contribution >= 0.6 is 0 Å². The van der Waals surface area contributed by atoms with Gasteiger partial charge in [-0.2, -0.15) is 0 Å². The largest absolute Gasteiger partial charge is 0.376 e. The number of hydrogen-bond acceptors (Lipinski definition) is 2. The second-order valence-corrected chi connectivity index (χ2v) is 9.02. The minimum atomic E-state index is -2.93. The summed E-state index contributed by atoms with van der Waals surface area (Å²) in [5.41, 5.74) is -0.822. The summed E-state index contributed by atoms with van der Waals surface area (Å²) in [6.07, 6.45) is -0.280. The van der Waals surface area contributed by atoms with Crippen LogP contribution in [0.15, 0.2) is 60.7 Å². The van der Waals surface area contributed by atoms with Gasteiger partial charge >= 0.3 is 0 Å². The first-order valence-corrected chi connectivity index (χ1v) is 10.3. The van der Waals surface area contributed by atoms with Crippen LogP contribution < -0.4 is 0 Å². The van der Waals surface area contributed by atoms with E-state index in [1.807, 2.05) is 60.7 Å². The molecule has 0 N–H and O–H groups in total. The molecule has 2 atom stereocenters. The normalized spacial score (nSPS) is 34.7. The summed E-state index contributed by atoms with van der Waals surface area (Å²) < 4.78 is 69.0. The highest BCUT2D eigenvalue weighted by Crippen LogP contribution is 2.90. The lowest BCUT2D eigenvalue weighted by atomic mass is 9.65. The van der Waals surface area contributed by atoms with Gasteiger partial charge < -0.3 is 9.47 Å². The summed E-state index contributed by atoms with van der Waals surface area (Å²) in [4.78, 5) is 0. The molecule has 2 spiro atoms. The Balaban J connectivity index is 1.14. The maximum absolute atomic E-state index is 14.5. The van der Waals surface area contributed by atoms with Crippen LogP contribution in [0, 0.1) is 22.7 Å². The number of rotatable bonds is 8. The molecule has 0 radical (unpaired) electrons. The van der Waals surface area contributed by atoms with Gasteiger partial charge in [0.25, 0.3) is 11.8 Å². The van der Waals surface area contributed by atoms with Gasteiger partial charge in [0.15, 0.2) is 0 Å². The van der Waals surface area contributed by atoms with E-state index >= 15 is 0 Å². The fraction of sp³-hybridized carbons (Fsp3) is 0.500. The standard InChI is InChI=1S/C24H24F4O2/c25-23(26)19(13-29-11-17-7-3-1-4-8-17)21(23)15-22(16-21)20(24(22,27)28)14-30-12-18-9-5-2-6-10-18/h1-10,19-20H,11-16H2. The Morgan fingerprint density at radius 2 is 1.00 bits per heavy atom. The lowest BCUT2D eigenvalue weighted by molar-refractivity contribution is -0.0588. The zero-order chi connectivity index (χ0) is 21.0. The van der Waals surface area contributed by atoms with Crippen molar-refractivity contribution in [2.24, 2.45) is 22.7 Å². The first kappa shape index (κ1) is 20.0. The fourth-order valence-corrected chi connectivity index (χ4v) is 5.49. The predicted octanol–water partition coefficient (Wildman–Crippen LogP) is 5.72. The fourth-order valence-electron chi connectivity index (χ4n) is 5.49. The maximum Gasteiger partial charge on any atom is 0.259 e. The third-order valence-electron chi connectivity index (χ3n) is 7.42. The van der Waals surface area contributed by atoms with Crippen molar-refractivity contribution in [3.05, 3.63) is 71.8 Å². The van der Waals surface area contributed by atoms with Gasteiger partial charge in [0.1, 0.15) is 0 Å². The lowest BCUT2D eigenvalue weighted by Crippen LogP contribution is -2.37. The minimum Gasteiger partial charge on any atom is -0.376 e. The molecule has 2 aromatic rings. The van der Waals surface area contributed by atoms with Gasteiger partial charge in [-0.3, -0.25) is 0 Å². The van der Waals surface area contributed by atoms with Gasteiger partial charge in [-0.1, -0.05) is 60.7 Å².